The molecule has 4 aromatic heterocycles. The van der Waals surface area contributed by atoms with E-state index in [0.717, 1.165) is 96.8 Å². The molecular formula is C102H68N6. The molecule has 1 aliphatic rings. The molecule has 4 heterocycles. The predicted octanol–water partition coefficient (Wildman–Crippen LogP) is 24.6. The molecule has 6 heteroatoms. The molecule has 506 valence electrons. The van der Waals surface area contributed by atoms with Gasteiger partial charge in [0.1, 0.15) is 0 Å². The van der Waals surface area contributed by atoms with Crippen LogP contribution in [0.25, 0.3) is 189 Å². The molecule has 15 aromatic carbocycles. The van der Waals surface area contributed by atoms with Gasteiger partial charge in [0, 0.05) is 58.2 Å². The van der Waals surface area contributed by atoms with Gasteiger partial charge in [0.2, 0.25) is 0 Å². The normalized spacial score (nSPS) is 11.9. The highest BCUT2D eigenvalue weighted by Gasteiger charge is 2.22. The van der Waals surface area contributed by atoms with Gasteiger partial charge < -0.3 is 0 Å². The van der Waals surface area contributed by atoms with E-state index < -0.39 is 0 Å². The minimum Gasteiger partial charge on any atom is -0.264 e. The first-order chi connectivity index (χ1) is 53.5. The predicted molar refractivity (Wildman–Crippen MR) is 449 cm³/mol. The Kier molecular flexibility index (Phi) is 17.0. The standard InChI is InChI=1S/C55H37N3.C47H31N3/c1-2-15-38-32-42(29-28-36(38)13-1)54-49-25-7-5-23-47(49)53(48-24-6-8-26-50(48)54)41-19-10-20-43(33-41)55-57-51(40-18-9-17-39(31-40)44-21-12-30-56-35-44)34-52(58-55)46-27-11-16-37-14-3-4-22-45(37)46;1-3-13-33(14-4-1)43-30-44(34-26-24-32(25-27-34)38-19-12-28-48-31-38)50-47(49-43)37-18-11-17-36(29-37)46-41-22-9-7-20-39(41)45(35-15-5-2-6-16-35)40-21-8-10-23-42(40)46/h1-10,12-26,28-35H,11,27H2;1-31H. The Morgan fingerprint density at radius 3 is 1.11 bits per heavy atom. The van der Waals surface area contributed by atoms with Gasteiger partial charge >= 0.3 is 0 Å². The third kappa shape index (κ3) is 12.4. The fourth-order valence-corrected chi connectivity index (χ4v) is 15.9. The van der Waals surface area contributed by atoms with Gasteiger partial charge in [0.25, 0.3) is 0 Å². The molecule has 0 fully saturated rings. The zero-order valence-corrected chi connectivity index (χ0v) is 59.0. The number of aromatic nitrogens is 6. The average molecular weight is 1380 g/mol. The fourth-order valence-electron chi connectivity index (χ4n) is 15.9. The van der Waals surface area contributed by atoms with Crippen molar-refractivity contribution in [3.63, 3.8) is 0 Å². The first-order valence-electron chi connectivity index (χ1n) is 36.8. The van der Waals surface area contributed by atoms with E-state index in [0.29, 0.717) is 11.6 Å². The van der Waals surface area contributed by atoms with E-state index in [1.54, 1.807) is 6.20 Å². The Hall–Kier alpha value is -14.2. The summed E-state index contributed by atoms with van der Waals surface area (Å²) in [6.45, 7) is 0. The molecule has 0 N–H and O–H groups in total. The molecule has 19 aromatic rings. The third-order valence-corrected chi connectivity index (χ3v) is 21.0. The zero-order chi connectivity index (χ0) is 71.7. The van der Waals surface area contributed by atoms with E-state index in [4.69, 9.17) is 19.9 Å². The third-order valence-electron chi connectivity index (χ3n) is 21.0. The van der Waals surface area contributed by atoms with Gasteiger partial charge in [-0.3, -0.25) is 9.97 Å². The van der Waals surface area contributed by atoms with Crippen LogP contribution in [-0.2, 0) is 0 Å². The molecule has 0 atom stereocenters. The maximum Gasteiger partial charge on any atom is 0.160 e. The molecule has 20 rings (SSSR count). The van der Waals surface area contributed by atoms with Crippen molar-refractivity contribution in [3.05, 3.63) is 399 Å². The van der Waals surface area contributed by atoms with Crippen LogP contribution in [0.2, 0.25) is 0 Å². The summed E-state index contributed by atoms with van der Waals surface area (Å²) in [5.41, 5.74) is 24.0. The summed E-state index contributed by atoms with van der Waals surface area (Å²) in [6, 6.07) is 127. The number of hydrogen-bond donors (Lipinski definition) is 0. The van der Waals surface area contributed by atoms with Gasteiger partial charge in [-0.2, -0.15) is 0 Å². The largest absolute Gasteiger partial charge is 0.264 e. The van der Waals surface area contributed by atoms with E-state index in [1.165, 1.54) is 103 Å². The van der Waals surface area contributed by atoms with Gasteiger partial charge in [-0.1, -0.05) is 315 Å². The van der Waals surface area contributed by atoms with Crippen LogP contribution in [0.3, 0.4) is 0 Å². The van der Waals surface area contributed by atoms with E-state index in [1.807, 2.05) is 36.8 Å². The number of hydrogen-bond acceptors (Lipinski definition) is 6. The molecule has 0 aliphatic heterocycles. The van der Waals surface area contributed by atoms with Crippen LogP contribution in [-0.4, -0.2) is 29.9 Å². The van der Waals surface area contributed by atoms with Crippen molar-refractivity contribution in [3.8, 4) is 123 Å². The van der Waals surface area contributed by atoms with Crippen molar-refractivity contribution >= 4 is 65.5 Å². The van der Waals surface area contributed by atoms with Crippen molar-refractivity contribution in [2.75, 3.05) is 0 Å². The van der Waals surface area contributed by atoms with Crippen molar-refractivity contribution in [1.82, 2.24) is 29.9 Å². The Labute approximate surface area is 626 Å². The van der Waals surface area contributed by atoms with Crippen molar-refractivity contribution < 1.29 is 0 Å². The van der Waals surface area contributed by atoms with Gasteiger partial charge in [0.05, 0.1) is 22.8 Å². The number of fused-ring (bicyclic) bond motifs is 6. The highest BCUT2D eigenvalue weighted by atomic mass is 14.9. The number of nitrogens with zero attached hydrogens (tertiary/aromatic N) is 6. The average Bonchev–Trinajstić information content (AvgIpc) is 0.736. The van der Waals surface area contributed by atoms with Crippen molar-refractivity contribution in [2.45, 2.75) is 12.8 Å². The molecule has 1 aliphatic carbocycles. The van der Waals surface area contributed by atoms with Gasteiger partial charge in [-0.15, -0.1) is 0 Å². The summed E-state index contributed by atoms with van der Waals surface area (Å²) < 4.78 is 0. The molecule has 108 heavy (non-hydrogen) atoms. The number of pyridine rings is 2. The van der Waals surface area contributed by atoms with Crippen LogP contribution in [0.4, 0.5) is 0 Å². The Morgan fingerprint density at radius 1 is 0.213 bits per heavy atom. The molecular weight excluding hydrogens is 1310 g/mol. The molecule has 0 saturated heterocycles. The van der Waals surface area contributed by atoms with Crippen molar-refractivity contribution in [2.24, 2.45) is 0 Å². The van der Waals surface area contributed by atoms with Gasteiger partial charge in [0.15, 0.2) is 11.6 Å². The first kappa shape index (κ1) is 64.6. The molecule has 0 saturated carbocycles. The molecule has 0 unspecified atom stereocenters. The summed E-state index contributed by atoms with van der Waals surface area (Å²) in [6.07, 6.45) is 11.6. The summed E-state index contributed by atoms with van der Waals surface area (Å²) in [5.74, 6) is 1.40. The summed E-state index contributed by atoms with van der Waals surface area (Å²) >= 11 is 0. The highest BCUT2D eigenvalue weighted by Crippen LogP contribution is 2.47. The molecule has 0 radical (unpaired) electrons. The van der Waals surface area contributed by atoms with Crippen LogP contribution in [0.15, 0.2) is 383 Å². The SMILES string of the molecule is C1=c2ccccc2=C(c2cc(-c3cccc(-c4cccnc4)c3)nc(-c3cccc(-c4c5ccccc5c(-c5ccc6ccccc6c5)c5ccccc45)c3)n2)CC1.c1ccc(-c2cc(-c3ccc(-c4cccnc4)cc3)nc(-c3cccc(-c4c5ccccc5c(-c5ccccc5)c5ccccc45)c3)n2)cc1. The van der Waals surface area contributed by atoms with E-state index in [9.17, 15) is 0 Å². The Morgan fingerprint density at radius 2 is 0.574 bits per heavy atom. The van der Waals surface area contributed by atoms with Crippen LogP contribution in [0, 0.1) is 0 Å². The van der Waals surface area contributed by atoms with Gasteiger partial charge in [-0.25, -0.2) is 19.9 Å². The van der Waals surface area contributed by atoms with E-state index in [-0.39, 0.29) is 0 Å². The smallest absolute Gasteiger partial charge is 0.160 e. The summed E-state index contributed by atoms with van der Waals surface area (Å²) in [4.78, 5) is 29.8. The quantitative estimate of drug-likeness (QED) is 0.113. The number of benzene rings is 15. The molecule has 0 bridgehead atoms. The monoisotopic (exact) mass is 1380 g/mol. The lowest BCUT2D eigenvalue weighted by molar-refractivity contribution is 1.04. The van der Waals surface area contributed by atoms with Crippen LogP contribution in [0.5, 0.6) is 0 Å². The minimum absolute atomic E-state index is 0.689. The zero-order valence-electron chi connectivity index (χ0n) is 59.0. The topological polar surface area (TPSA) is 77.3 Å². The lowest BCUT2D eigenvalue weighted by Crippen LogP contribution is -2.29. The van der Waals surface area contributed by atoms with E-state index in [2.05, 4.69) is 356 Å². The molecule has 0 spiro atoms. The first-order valence-corrected chi connectivity index (χ1v) is 36.8. The lowest BCUT2D eigenvalue weighted by Gasteiger charge is -2.18. The minimum atomic E-state index is 0.689. The summed E-state index contributed by atoms with van der Waals surface area (Å²) in [5, 5.41) is 14.8. The maximum atomic E-state index is 5.40. The second-order valence-electron chi connectivity index (χ2n) is 27.5. The highest BCUT2D eigenvalue weighted by molar-refractivity contribution is 6.23. The Bertz CT molecular complexity index is 6670. The molecule has 0 amide bonds. The van der Waals surface area contributed by atoms with Crippen LogP contribution < -0.4 is 10.4 Å². The van der Waals surface area contributed by atoms with Gasteiger partial charge in [-0.05, 0) is 192 Å². The second-order valence-corrected chi connectivity index (χ2v) is 27.5. The van der Waals surface area contributed by atoms with Crippen LogP contribution in [0.1, 0.15) is 18.5 Å². The van der Waals surface area contributed by atoms with Crippen LogP contribution >= 0.6 is 0 Å². The fraction of sp³-hybridized carbons (Fsp3) is 0.0196. The lowest BCUT2D eigenvalue weighted by atomic mass is 9.85. The van der Waals surface area contributed by atoms with E-state index >= 15 is 0 Å². The second kappa shape index (κ2) is 28.4. The Balaban J connectivity index is 0.000000149. The van der Waals surface area contributed by atoms with Crippen molar-refractivity contribution in [1.29, 1.82) is 0 Å². The summed E-state index contributed by atoms with van der Waals surface area (Å²) in [7, 11) is 0. The molecule has 6 nitrogen and oxygen atoms in total. The number of rotatable bonds is 12. The maximum absolute atomic E-state index is 5.40.